The van der Waals surface area contributed by atoms with E-state index in [1.54, 1.807) is 6.07 Å². The second kappa shape index (κ2) is 10.8. The van der Waals surface area contributed by atoms with Gasteiger partial charge in [-0.05, 0) is 43.2 Å². The number of carbonyl (C=O) groups excluding carboxylic acids is 2. The van der Waals surface area contributed by atoms with Gasteiger partial charge in [-0.15, -0.1) is 0 Å². The van der Waals surface area contributed by atoms with Crippen LogP contribution in [0.4, 0.5) is 23.2 Å². The smallest absolute Gasteiger partial charge is 0.352 e. The molecule has 0 bridgehead atoms. The maximum Gasteiger partial charge on any atom is 0.416 e. The number of anilines is 1. The lowest BCUT2D eigenvalue weighted by atomic mass is 10.1. The molecular formula is C22H24F4N2O2. The van der Waals surface area contributed by atoms with Crippen molar-refractivity contribution in [1.82, 2.24) is 5.32 Å². The van der Waals surface area contributed by atoms with E-state index in [1.165, 1.54) is 35.2 Å². The number of unbranched alkanes of at least 4 members (excludes halogenated alkanes) is 1. The number of rotatable bonds is 9. The summed E-state index contributed by atoms with van der Waals surface area (Å²) < 4.78 is 52.8. The Labute approximate surface area is 172 Å². The molecule has 1 N–H and O–H groups in total. The van der Waals surface area contributed by atoms with Crippen molar-refractivity contribution in [3.63, 3.8) is 0 Å². The van der Waals surface area contributed by atoms with Crippen LogP contribution < -0.4 is 10.2 Å². The Kier molecular flexibility index (Phi) is 8.38. The molecule has 2 aromatic rings. The van der Waals surface area contributed by atoms with Gasteiger partial charge < -0.3 is 10.2 Å². The third-order valence-corrected chi connectivity index (χ3v) is 4.49. The highest BCUT2D eigenvalue weighted by molar-refractivity contribution is 5.94. The van der Waals surface area contributed by atoms with E-state index in [0.717, 1.165) is 18.6 Å². The van der Waals surface area contributed by atoms with Crippen LogP contribution in [0.3, 0.4) is 0 Å². The highest BCUT2D eigenvalue weighted by atomic mass is 19.4. The lowest BCUT2D eigenvalue weighted by Crippen LogP contribution is -2.34. The van der Waals surface area contributed by atoms with Crippen LogP contribution in [0.25, 0.3) is 0 Å². The molecule has 0 aliphatic carbocycles. The van der Waals surface area contributed by atoms with Gasteiger partial charge in [0, 0.05) is 25.2 Å². The molecule has 0 heterocycles. The van der Waals surface area contributed by atoms with Crippen LogP contribution in [0, 0.1) is 5.82 Å². The number of halogens is 4. The molecule has 0 saturated carbocycles. The van der Waals surface area contributed by atoms with Crippen molar-refractivity contribution in [2.75, 3.05) is 18.0 Å². The zero-order chi connectivity index (χ0) is 22.1. The van der Waals surface area contributed by atoms with Crippen LogP contribution in [0.1, 0.15) is 48.5 Å². The van der Waals surface area contributed by atoms with Crippen LogP contribution in [-0.4, -0.2) is 24.9 Å². The van der Waals surface area contributed by atoms with Gasteiger partial charge in [-0.25, -0.2) is 4.39 Å². The lowest BCUT2D eigenvalue weighted by molar-refractivity contribution is -0.137. The summed E-state index contributed by atoms with van der Waals surface area (Å²) in [5.74, 6) is -1.51. The zero-order valence-electron chi connectivity index (χ0n) is 16.6. The van der Waals surface area contributed by atoms with Crippen LogP contribution >= 0.6 is 0 Å². The van der Waals surface area contributed by atoms with Gasteiger partial charge in [-0.3, -0.25) is 9.59 Å². The van der Waals surface area contributed by atoms with Gasteiger partial charge in [0.2, 0.25) is 5.91 Å². The number of amides is 2. The van der Waals surface area contributed by atoms with E-state index >= 15 is 0 Å². The predicted octanol–water partition coefficient (Wildman–Crippen LogP) is 5.19. The SMILES string of the molecule is CCCCC(=O)N(CCCNC(=O)c1ccccc1F)c1cccc(C(F)(F)F)c1. The molecule has 2 aromatic carbocycles. The van der Waals surface area contributed by atoms with Crippen molar-refractivity contribution in [2.24, 2.45) is 0 Å². The highest BCUT2D eigenvalue weighted by Crippen LogP contribution is 2.32. The molecule has 0 fully saturated rings. The molecule has 0 unspecified atom stereocenters. The van der Waals surface area contributed by atoms with Gasteiger partial charge in [0.1, 0.15) is 5.82 Å². The average Bonchev–Trinajstić information content (AvgIpc) is 2.71. The van der Waals surface area contributed by atoms with Crippen molar-refractivity contribution in [3.05, 3.63) is 65.5 Å². The van der Waals surface area contributed by atoms with Crippen molar-refractivity contribution in [3.8, 4) is 0 Å². The topological polar surface area (TPSA) is 49.4 Å². The summed E-state index contributed by atoms with van der Waals surface area (Å²) in [6.07, 6.45) is -2.59. The number of benzene rings is 2. The summed E-state index contributed by atoms with van der Waals surface area (Å²) in [4.78, 5) is 25.9. The molecule has 4 nitrogen and oxygen atoms in total. The molecule has 162 valence electrons. The van der Waals surface area contributed by atoms with Crippen LogP contribution in [0.2, 0.25) is 0 Å². The zero-order valence-corrected chi connectivity index (χ0v) is 16.6. The fraction of sp³-hybridized carbons (Fsp3) is 0.364. The summed E-state index contributed by atoms with van der Waals surface area (Å²) in [7, 11) is 0. The Bertz CT molecular complexity index is 868. The molecule has 0 radical (unpaired) electrons. The second-order valence-electron chi connectivity index (χ2n) is 6.79. The van der Waals surface area contributed by atoms with Crippen molar-refractivity contribution < 1.29 is 27.2 Å². The minimum Gasteiger partial charge on any atom is -0.352 e. The lowest BCUT2D eigenvalue weighted by Gasteiger charge is -2.24. The Balaban J connectivity index is 2.05. The normalized spacial score (nSPS) is 11.2. The van der Waals surface area contributed by atoms with Crippen LogP contribution in [0.5, 0.6) is 0 Å². The van der Waals surface area contributed by atoms with Crippen molar-refractivity contribution in [1.29, 1.82) is 0 Å². The molecule has 8 heteroatoms. The first kappa shape index (κ1) is 23.4. The molecule has 0 aliphatic heterocycles. The van der Waals surface area contributed by atoms with E-state index in [2.05, 4.69) is 5.32 Å². The van der Waals surface area contributed by atoms with E-state index in [4.69, 9.17) is 0 Å². The molecule has 0 spiro atoms. The molecule has 2 rings (SSSR count). The molecular weight excluding hydrogens is 400 g/mol. The molecule has 2 amide bonds. The first-order chi connectivity index (χ1) is 14.2. The summed E-state index contributed by atoms with van der Waals surface area (Å²) in [5.41, 5.74) is -0.765. The Morgan fingerprint density at radius 1 is 1.03 bits per heavy atom. The van der Waals surface area contributed by atoms with Crippen LogP contribution in [-0.2, 0) is 11.0 Å². The maximum absolute atomic E-state index is 13.7. The minimum atomic E-state index is -4.51. The largest absolute Gasteiger partial charge is 0.416 e. The number of hydrogen-bond acceptors (Lipinski definition) is 2. The summed E-state index contributed by atoms with van der Waals surface area (Å²) in [5, 5.41) is 2.57. The van der Waals surface area contributed by atoms with Gasteiger partial charge in [-0.2, -0.15) is 13.2 Å². The van der Waals surface area contributed by atoms with Gasteiger partial charge in [0.15, 0.2) is 0 Å². The van der Waals surface area contributed by atoms with Crippen LogP contribution in [0.15, 0.2) is 48.5 Å². The van der Waals surface area contributed by atoms with Gasteiger partial charge >= 0.3 is 6.18 Å². The number of nitrogens with zero attached hydrogens (tertiary/aromatic N) is 1. The number of alkyl halides is 3. The van der Waals surface area contributed by atoms with Crippen molar-refractivity contribution >= 4 is 17.5 Å². The number of carbonyl (C=O) groups is 2. The van der Waals surface area contributed by atoms with E-state index in [9.17, 15) is 27.2 Å². The number of hydrogen-bond donors (Lipinski definition) is 1. The van der Waals surface area contributed by atoms with Gasteiger partial charge in [-0.1, -0.05) is 31.5 Å². The predicted molar refractivity (Wildman–Crippen MR) is 107 cm³/mol. The Morgan fingerprint density at radius 3 is 2.43 bits per heavy atom. The Morgan fingerprint density at radius 2 is 1.77 bits per heavy atom. The molecule has 0 saturated heterocycles. The first-order valence-electron chi connectivity index (χ1n) is 9.74. The van der Waals surface area contributed by atoms with E-state index in [0.29, 0.717) is 12.8 Å². The Hall–Kier alpha value is -2.90. The number of nitrogens with one attached hydrogen (secondary N) is 1. The standard InChI is InChI=1S/C22H24F4N2O2/c1-2-3-12-20(29)28(17-9-6-8-16(15-17)22(24,25)26)14-7-13-27-21(30)18-10-4-5-11-19(18)23/h4-6,8-11,15H,2-3,7,12-14H2,1H3,(H,27,30). The van der Waals surface area contributed by atoms with E-state index < -0.39 is 23.5 Å². The fourth-order valence-corrected chi connectivity index (χ4v) is 2.89. The summed E-state index contributed by atoms with van der Waals surface area (Å²) in [6.45, 7) is 2.19. The van der Waals surface area contributed by atoms with Crippen molar-refractivity contribution in [2.45, 2.75) is 38.8 Å². The minimum absolute atomic E-state index is 0.0914. The second-order valence-corrected chi connectivity index (χ2v) is 6.79. The summed E-state index contributed by atoms with van der Waals surface area (Å²) in [6, 6.07) is 10.2. The highest BCUT2D eigenvalue weighted by Gasteiger charge is 2.31. The average molecular weight is 424 g/mol. The molecule has 30 heavy (non-hydrogen) atoms. The molecule has 0 aliphatic rings. The first-order valence-corrected chi connectivity index (χ1v) is 9.74. The monoisotopic (exact) mass is 424 g/mol. The molecule has 0 aromatic heterocycles. The van der Waals surface area contributed by atoms with E-state index in [-0.39, 0.29) is 36.7 Å². The molecule has 0 atom stereocenters. The van der Waals surface area contributed by atoms with Gasteiger partial charge in [0.25, 0.3) is 5.91 Å². The maximum atomic E-state index is 13.7. The third-order valence-electron chi connectivity index (χ3n) is 4.49. The van der Waals surface area contributed by atoms with Gasteiger partial charge in [0.05, 0.1) is 11.1 Å². The quantitative estimate of drug-likeness (QED) is 0.445. The summed E-state index contributed by atoms with van der Waals surface area (Å²) >= 11 is 0. The fourth-order valence-electron chi connectivity index (χ4n) is 2.89. The van der Waals surface area contributed by atoms with E-state index in [1.807, 2.05) is 6.92 Å². The third kappa shape index (κ3) is 6.57.